The second kappa shape index (κ2) is 8.73. The van der Waals surface area contributed by atoms with Crippen LogP contribution in [0.25, 0.3) is 0 Å². The molecule has 29 heavy (non-hydrogen) atoms. The number of hydrogen-bond donors (Lipinski definition) is 0. The molecule has 1 aromatic carbocycles. The predicted molar refractivity (Wildman–Crippen MR) is 111 cm³/mol. The van der Waals surface area contributed by atoms with Crippen molar-refractivity contribution in [2.45, 2.75) is 6.92 Å². The summed E-state index contributed by atoms with van der Waals surface area (Å²) in [6, 6.07) is 9.91. The third-order valence-corrected chi connectivity index (χ3v) is 5.74. The van der Waals surface area contributed by atoms with Crippen molar-refractivity contribution in [2.75, 3.05) is 68.7 Å². The van der Waals surface area contributed by atoms with Crippen molar-refractivity contribution in [1.82, 2.24) is 20.0 Å². The molecule has 0 unspecified atom stereocenters. The zero-order chi connectivity index (χ0) is 20.2. The SMILES string of the molecule is CCN1CCN(c2ccc(N3CCN(C(=O)c4cccc(F)c4)CC3)nn2)CC1. The monoisotopic (exact) mass is 398 g/mol. The van der Waals surface area contributed by atoms with E-state index in [1.54, 1.807) is 17.0 Å². The van der Waals surface area contributed by atoms with Gasteiger partial charge in [0.2, 0.25) is 0 Å². The van der Waals surface area contributed by atoms with Crippen LogP contribution in [0.1, 0.15) is 17.3 Å². The van der Waals surface area contributed by atoms with Gasteiger partial charge in [-0.25, -0.2) is 4.39 Å². The number of carbonyl (C=O) groups excluding carboxylic acids is 1. The summed E-state index contributed by atoms with van der Waals surface area (Å²) < 4.78 is 13.4. The second-order valence-electron chi connectivity index (χ2n) is 7.46. The molecule has 2 aromatic rings. The zero-order valence-corrected chi connectivity index (χ0v) is 16.8. The van der Waals surface area contributed by atoms with Gasteiger partial charge < -0.3 is 19.6 Å². The van der Waals surface area contributed by atoms with Crippen LogP contribution in [0, 0.1) is 5.82 Å². The third-order valence-electron chi connectivity index (χ3n) is 5.74. The quantitative estimate of drug-likeness (QED) is 0.782. The fourth-order valence-corrected chi connectivity index (χ4v) is 3.89. The molecule has 8 heteroatoms. The Bertz CT molecular complexity index is 829. The van der Waals surface area contributed by atoms with Crippen LogP contribution < -0.4 is 9.80 Å². The number of likely N-dealkylation sites (N-methyl/N-ethyl adjacent to an activating group) is 1. The maximum Gasteiger partial charge on any atom is 0.254 e. The molecule has 2 saturated heterocycles. The highest BCUT2D eigenvalue weighted by Crippen LogP contribution is 2.18. The van der Waals surface area contributed by atoms with E-state index in [2.05, 4.69) is 31.8 Å². The standard InChI is InChI=1S/C21H27FN6O/c1-2-25-8-10-26(11-9-25)19-6-7-20(24-23-19)27-12-14-28(15-13-27)21(29)17-4-3-5-18(22)16-17/h3-7,16H,2,8-15H2,1H3. The van der Waals surface area contributed by atoms with E-state index in [0.29, 0.717) is 31.7 Å². The Balaban J connectivity index is 1.32. The van der Waals surface area contributed by atoms with Crippen molar-refractivity contribution >= 4 is 17.5 Å². The van der Waals surface area contributed by atoms with Crippen molar-refractivity contribution in [3.05, 3.63) is 47.8 Å². The number of carbonyl (C=O) groups is 1. The van der Waals surface area contributed by atoms with Gasteiger partial charge in [0.1, 0.15) is 5.82 Å². The number of rotatable bonds is 4. The van der Waals surface area contributed by atoms with Crippen LogP contribution in [0.2, 0.25) is 0 Å². The van der Waals surface area contributed by atoms with Crippen molar-refractivity contribution in [2.24, 2.45) is 0 Å². The summed E-state index contributed by atoms with van der Waals surface area (Å²) in [7, 11) is 0. The summed E-state index contributed by atoms with van der Waals surface area (Å²) >= 11 is 0. The molecular formula is C21H27FN6O. The summed E-state index contributed by atoms with van der Waals surface area (Å²) in [4.78, 5) is 21.2. The lowest BCUT2D eigenvalue weighted by atomic mass is 10.1. The first-order valence-corrected chi connectivity index (χ1v) is 10.2. The minimum Gasteiger partial charge on any atom is -0.353 e. The molecule has 2 aliphatic heterocycles. The minimum absolute atomic E-state index is 0.128. The highest BCUT2D eigenvalue weighted by molar-refractivity contribution is 5.94. The molecule has 0 aliphatic carbocycles. The predicted octanol–water partition coefficient (Wildman–Crippen LogP) is 1.72. The van der Waals surface area contributed by atoms with E-state index >= 15 is 0 Å². The summed E-state index contributed by atoms with van der Waals surface area (Å²) in [5, 5.41) is 8.86. The Morgan fingerprint density at radius 1 is 0.897 bits per heavy atom. The van der Waals surface area contributed by atoms with Gasteiger partial charge in [-0.1, -0.05) is 13.0 Å². The summed E-state index contributed by atoms with van der Waals surface area (Å²) in [6.07, 6.45) is 0. The van der Waals surface area contributed by atoms with E-state index in [1.807, 2.05) is 12.1 Å². The molecule has 0 atom stereocenters. The number of piperazine rings is 2. The molecule has 1 amide bonds. The van der Waals surface area contributed by atoms with Crippen molar-refractivity contribution in [1.29, 1.82) is 0 Å². The molecule has 2 fully saturated rings. The maximum absolute atomic E-state index is 13.4. The normalized spacial score (nSPS) is 18.2. The van der Waals surface area contributed by atoms with Crippen LogP contribution in [-0.4, -0.2) is 84.8 Å². The van der Waals surface area contributed by atoms with Crippen LogP contribution >= 0.6 is 0 Å². The van der Waals surface area contributed by atoms with E-state index in [-0.39, 0.29) is 11.7 Å². The van der Waals surface area contributed by atoms with E-state index < -0.39 is 0 Å². The van der Waals surface area contributed by atoms with Crippen LogP contribution in [0.4, 0.5) is 16.0 Å². The fraction of sp³-hybridized carbons (Fsp3) is 0.476. The first-order chi connectivity index (χ1) is 14.1. The molecule has 1 aromatic heterocycles. The molecule has 0 spiro atoms. The number of anilines is 2. The van der Waals surface area contributed by atoms with Gasteiger partial charge in [-0.2, -0.15) is 0 Å². The number of nitrogens with zero attached hydrogens (tertiary/aromatic N) is 6. The zero-order valence-electron chi connectivity index (χ0n) is 16.8. The average molecular weight is 398 g/mol. The van der Waals surface area contributed by atoms with Crippen molar-refractivity contribution in [3.63, 3.8) is 0 Å². The molecule has 0 N–H and O–H groups in total. The van der Waals surface area contributed by atoms with E-state index in [1.165, 1.54) is 12.1 Å². The summed E-state index contributed by atoms with van der Waals surface area (Å²) in [6.45, 7) is 9.87. The first-order valence-electron chi connectivity index (χ1n) is 10.2. The molecule has 7 nitrogen and oxygen atoms in total. The Morgan fingerprint density at radius 2 is 1.48 bits per heavy atom. The van der Waals surface area contributed by atoms with Crippen LogP contribution in [0.15, 0.2) is 36.4 Å². The van der Waals surface area contributed by atoms with Gasteiger partial charge in [-0.05, 0) is 36.9 Å². The highest BCUT2D eigenvalue weighted by atomic mass is 19.1. The lowest BCUT2D eigenvalue weighted by Crippen LogP contribution is -2.49. The number of benzene rings is 1. The average Bonchev–Trinajstić information content (AvgIpc) is 2.79. The molecular weight excluding hydrogens is 371 g/mol. The van der Waals surface area contributed by atoms with Crippen LogP contribution in [0.3, 0.4) is 0 Å². The molecule has 3 heterocycles. The maximum atomic E-state index is 13.4. The van der Waals surface area contributed by atoms with Crippen molar-refractivity contribution < 1.29 is 9.18 Å². The molecule has 154 valence electrons. The minimum atomic E-state index is -0.388. The summed E-state index contributed by atoms with van der Waals surface area (Å²) in [5.41, 5.74) is 0.394. The topological polar surface area (TPSA) is 55.8 Å². The summed E-state index contributed by atoms with van der Waals surface area (Å²) in [5.74, 6) is 1.24. The Hall–Kier alpha value is -2.74. The van der Waals surface area contributed by atoms with Gasteiger partial charge in [0, 0.05) is 57.9 Å². The molecule has 2 aliphatic rings. The van der Waals surface area contributed by atoms with Gasteiger partial charge >= 0.3 is 0 Å². The number of hydrogen-bond acceptors (Lipinski definition) is 6. The van der Waals surface area contributed by atoms with Gasteiger partial charge in [-0.15, -0.1) is 10.2 Å². The Labute approximate surface area is 170 Å². The largest absolute Gasteiger partial charge is 0.353 e. The molecule has 0 bridgehead atoms. The van der Waals surface area contributed by atoms with Gasteiger partial charge in [0.25, 0.3) is 5.91 Å². The van der Waals surface area contributed by atoms with Crippen LogP contribution in [0.5, 0.6) is 0 Å². The molecule has 0 saturated carbocycles. The number of aromatic nitrogens is 2. The smallest absolute Gasteiger partial charge is 0.254 e. The first kappa shape index (κ1) is 19.6. The molecule has 0 radical (unpaired) electrons. The third kappa shape index (κ3) is 4.48. The van der Waals surface area contributed by atoms with Gasteiger partial charge in [-0.3, -0.25) is 4.79 Å². The van der Waals surface area contributed by atoms with E-state index in [9.17, 15) is 9.18 Å². The highest BCUT2D eigenvalue weighted by Gasteiger charge is 2.24. The second-order valence-corrected chi connectivity index (χ2v) is 7.46. The van der Waals surface area contributed by atoms with Crippen LogP contribution in [-0.2, 0) is 0 Å². The lowest BCUT2D eigenvalue weighted by Gasteiger charge is -2.36. The van der Waals surface area contributed by atoms with E-state index in [0.717, 1.165) is 44.4 Å². The Kier molecular flexibility index (Phi) is 5.89. The van der Waals surface area contributed by atoms with E-state index in [4.69, 9.17) is 0 Å². The fourth-order valence-electron chi connectivity index (χ4n) is 3.89. The van der Waals surface area contributed by atoms with Crippen molar-refractivity contribution in [3.8, 4) is 0 Å². The number of halogens is 1. The molecule has 4 rings (SSSR count). The van der Waals surface area contributed by atoms with Gasteiger partial charge in [0.05, 0.1) is 0 Å². The van der Waals surface area contributed by atoms with Gasteiger partial charge in [0.15, 0.2) is 11.6 Å². The lowest BCUT2D eigenvalue weighted by molar-refractivity contribution is 0.0746. The Morgan fingerprint density at radius 3 is 2.00 bits per heavy atom. The number of amides is 1.